The molecule has 0 saturated carbocycles. The molecule has 284 valence electrons. The van der Waals surface area contributed by atoms with Crippen molar-refractivity contribution < 1.29 is 37.9 Å². The second-order valence-corrected chi connectivity index (χ2v) is 14.9. The molecule has 0 amide bonds. The molecule has 0 rings (SSSR count). The highest BCUT2D eigenvalue weighted by atomic mass is 31.2. The van der Waals surface area contributed by atoms with E-state index >= 15 is 0 Å². The number of rotatable bonds is 37. The van der Waals surface area contributed by atoms with E-state index in [1.807, 2.05) is 0 Å². The monoisotopic (exact) mass is 703 g/mol. The first-order valence-corrected chi connectivity index (χ1v) is 21.5. The van der Waals surface area contributed by atoms with Gasteiger partial charge in [-0.05, 0) is 38.5 Å². The van der Waals surface area contributed by atoms with Crippen LogP contribution in [0.25, 0.3) is 0 Å². The zero-order valence-electron chi connectivity index (χ0n) is 31.2. The van der Waals surface area contributed by atoms with Crippen molar-refractivity contribution in [2.24, 2.45) is 0 Å². The Labute approximate surface area is 295 Å². The van der Waals surface area contributed by atoms with Gasteiger partial charge in [-0.15, -0.1) is 0 Å². The molecule has 0 aromatic rings. The Hall–Kier alpha value is -1.21. The molecule has 0 aliphatic heterocycles. The van der Waals surface area contributed by atoms with Crippen molar-refractivity contribution in [1.29, 1.82) is 0 Å². The average molecular weight is 703 g/mol. The highest BCUT2D eigenvalue weighted by molar-refractivity contribution is 7.46. The molecule has 0 aliphatic carbocycles. The first kappa shape index (κ1) is 46.8. The van der Waals surface area contributed by atoms with Gasteiger partial charge in [0.15, 0.2) is 6.10 Å². The number of hydrogen-bond donors (Lipinski definition) is 2. The molecule has 8 nitrogen and oxygen atoms in total. The van der Waals surface area contributed by atoms with Gasteiger partial charge in [0, 0.05) is 12.8 Å². The van der Waals surface area contributed by atoms with Crippen LogP contribution >= 0.6 is 7.82 Å². The van der Waals surface area contributed by atoms with Crippen LogP contribution in [-0.2, 0) is 28.2 Å². The van der Waals surface area contributed by atoms with Gasteiger partial charge in [0.25, 0.3) is 0 Å². The third-order valence-corrected chi connectivity index (χ3v) is 9.27. The molecule has 0 heterocycles. The number of unbranched alkanes of at least 4 members (excludes halogenated alkanes) is 25. The molecule has 48 heavy (non-hydrogen) atoms. The fourth-order valence-corrected chi connectivity index (χ4v) is 6.14. The highest BCUT2D eigenvalue weighted by Gasteiger charge is 2.22. The van der Waals surface area contributed by atoms with E-state index in [0.29, 0.717) is 6.42 Å². The van der Waals surface area contributed by atoms with Crippen molar-refractivity contribution in [3.05, 3.63) is 12.2 Å². The van der Waals surface area contributed by atoms with Crippen LogP contribution in [0.1, 0.15) is 206 Å². The predicted octanol–water partition coefficient (Wildman–Crippen LogP) is 11.8. The number of hydrogen-bond acceptors (Lipinski definition) is 6. The van der Waals surface area contributed by atoms with Crippen LogP contribution in [-0.4, -0.2) is 41.0 Å². The summed E-state index contributed by atoms with van der Waals surface area (Å²) in [6.45, 7) is 3.69. The summed E-state index contributed by atoms with van der Waals surface area (Å²) in [4.78, 5) is 42.7. The van der Waals surface area contributed by atoms with E-state index in [9.17, 15) is 14.2 Å². The Morgan fingerprint density at radius 1 is 0.521 bits per heavy atom. The Morgan fingerprint density at radius 2 is 0.875 bits per heavy atom. The van der Waals surface area contributed by atoms with Crippen LogP contribution < -0.4 is 0 Å². The van der Waals surface area contributed by atoms with E-state index in [4.69, 9.17) is 19.3 Å². The van der Waals surface area contributed by atoms with Crippen LogP contribution in [0.15, 0.2) is 12.2 Å². The minimum Gasteiger partial charge on any atom is -0.462 e. The first-order chi connectivity index (χ1) is 23.3. The van der Waals surface area contributed by atoms with Crippen LogP contribution in [0.5, 0.6) is 0 Å². The molecule has 0 unspecified atom stereocenters. The standard InChI is InChI=1S/C39H75O8P/c1-3-5-7-9-11-13-15-17-18-19-20-22-24-26-28-30-32-34-39(41)47-37(36-46-48(42,43)44)35-45-38(40)33-31-29-27-25-23-21-16-14-12-10-8-6-4-2/h17-18,37H,3-16,19-36H2,1-2H3,(H2,42,43,44)/b18-17-/t37-/m1/s1. The van der Waals surface area contributed by atoms with Gasteiger partial charge in [0.05, 0.1) is 6.61 Å². The van der Waals surface area contributed by atoms with E-state index in [2.05, 4.69) is 30.5 Å². The SMILES string of the molecule is CCCCCCCC/C=C\CCCCCCCCCC(=O)O[C@H](COC(=O)CCCCCCCCCCCCCCC)COP(=O)(O)O. The number of phosphoric ester groups is 1. The van der Waals surface area contributed by atoms with Crippen molar-refractivity contribution in [1.82, 2.24) is 0 Å². The van der Waals surface area contributed by atoms with Crippen LogP contribution in [0.3, 0.4) is 0 Å². The molecule has 0 radical (unpaired) electrons. The summed E-state index contributed by atoms with van der Waals surface area (Å²) in [5.74, 6) is -0.880. The number of carbonyl (C=O) groups excluding carboxylic acids is 2. The molecule has 0 aromatic carbocycles. The van der Waals surface area contributed by atoms with Gasteiger partial charge in [0.2, 0.25) is 0 Å². The first-order valence-electron chi connectivity index (χ1n) is 20.0. The van der Waals surface area contributed by atoms with Gasteiger partial charge in [0.1, 0.15) is 6.61 Å². The van der Waals surface area contributed by atoms with Crippen molar-refractivity contribution >= 4 is 19.8 Å². The quantitative estimate of drug-likeness (QED) is 0.0284. The number of ether oxygens (including phenoxy) is 2. The van der Waals surface area contributed by atoms with Crippen LogP contribution in [0.4, 0.5) is 0 Å². The summed E-state index contributed by atoms with van der Waals surface area (Å²) < 4.78 is 26.3. The maximum absolute atomic E-state index is 12.4. The Balaban J connectivity index is 3.91. The van der Waals surface area contributed by atoms with Crippen LogP contribution in [0.2, 0.25) is 0 Å². The van der Waals surface area contributed by atoms with Gasteiger partial charge in [-0.3, -0.25) is 14.1 Å². The minimum atomic E-state index is -4.75. The van der Waals surface area contributed by atoms with Crippen LogP contribution in [0, 0.1) is 0 Å². The summed E-state index contributed by atoms with van der Waals surface area (Å²) >= 11 is 0. The third-order valence-electron chi connectivity index (χ3n) is 8.78. The van der Waals surface area contributed by atoms with E-state index in [0.717, 1.165) is 44.9 Å². The fourth-order valence-electron chi connectivity index (χ4n) is 5.78. The lowest BCUT2D eigenvalue weighted by Gasteiger charge is -2.18. The highest BCUT2D eigenvalue weighted by Crippen LogP contribution is 2.36. The molecule has 0 fully saturated rings. The normalized spacial score (nSPS) is 12.5. The molecule has 0 aromatic heterocycles. The van der Waals surface area contributed by atoms with E-state index in [-0.39, 0.29) is 19.4 Å². The van der Waals surface area contributed by atoms with Gasteiger partial charge in [-0.2, -0.15) is 0 Å². The molecular formula is C39H75O8P. The molecule has 0 bridgehead atoms. The molecule has 0 aliphatic rings. The average Bonchev–Trinajstić information content (AvgIpc) is 3.05. The van der Waals surface area contributed by atoms with Crippen molar-refractivity contribution in [2.45, 2.75) is 213 Å². The lowest BCUT2D eigenvalue weighted by molar-refractivity contribution is -0.161. The zero-order chi connectivity index (χ0) is 35.4. The number of esters is 2. The molecule has 9 heteroatoms. The minimum absolute atomic E-state index is 0.211. The number of carbonyl (C=O) groups is 2. The molecule has 1 atom stereocenters. The Kier molecular flexibility index (Phi) is 34.7. The van der Waals surface area contributed by atoms with Gasteiger partial charge < -0.3 is 19.3 Å². The number of phosphoric acid groups is 1. The maximum atomic E-state index is 12.4. The third kappa shape index (κ3) is 37.6. The summed E-state index contributed by atoms with van der Waals surface area (Å²) in [5.41, 5.74) is 0. The largest absolute Gasteiger partial charge is 0.469 e. The Bertz CT molecular complexity index is 797. The summed E-state index contributed by atoms with van der Waals surface area (Å²) in [5, 5.41) is 0. The van der Waals surface area contributed by atoms with Gasteiger partial charge >= 0.3 is 19.8 Å². The summed E-state index contributed by atoms with van der Waals surface area (Å²) in [6, 6.07) is 0. The molecule has 0 spiro atoms. The second kappa shape index (κ2) is 35.6. The molecular weight excluding hydrogens is 627 g/mol. The smallest absolute Gasteiger partial charge is 0.462 e. The van der Waals surface area contributed by atoms with E-state index < -0.39 is 32.5 Å². The number of allylic oxidation sites excluding steroid dienone is 2. The van der Waals surface area contributed by atoms with Crippen molar-refractivity contribution in [2.75, 3.05) is 13.2 Å². The predicted molar refractivity (Wildman–Crippen MR) is 198 cm³/mol. The molecule has 0 saturated heterocycles. The zero-order valence-corrected chi connectivity index (χ0v) is 32.0. The maximum Gasteiger partial charge on any atom is 0.469 e. The topological polar surface area (TPSA) is 119 Å². The lowest BCUT2D eigenvalue weighted by Crippen LogP contribution is -2.29. The lowest BCUT2D eigenvalue weighted by atomic mass is 10.0. The van der Waals surface area contributed by atoms with Gasteiger partial charge in [-0.25, -0.2) is 4.57 Å². The van der Waals surface area contributed by atoms with Crippen molar-refractivity contribution in [3.8, 4) is 0 Å². The van der Waals surface area contributed by atoms with E-state index in [1.54, 1.807) is 0 Å². The Morgan fingerprint density at radius 3 is 1.27 bits per heavy atom. The molecule has 2 N–H and O–H groups in total. The second-order valence-electron chi connectivity index (χ2n) is 13.6. The fraction of sp³-hybridized carbons (Fsp3) is 0.897. The summed E-state index contributed by atoms with van der Waals surface area (Å²) in [7, 11) is -4.75. The van der Waals surface area contributed by atoms with Crippen molar-refractivity contribution in [3.63, 3.8) is 0 Å². The van der Waals surface area contributed by atoms with E-state index in [1.165, 1.54) is 128 Å². The summed E-state index contributed by atoms with van der Waals surface area (Å²) in [6.07, 6.45) is 37.8. The van der Waals surface area contributed by atoms with Gasteiger partial charge in [-0.1, -0.05) is 167 Å².